The predicted octanol–water partition coefficient (Wildman–Crippen LogP) is 1.28. The second-order valence-electron chi connectivity index (χ2n) is 5.15. The van der Waals surface area contributed by atoms with Crippen LogP contribution in [0, 0.1) is 0 Å². The number of carbonyl (C=O) groups excluding carboxylic acids is 1. The summed E-state index contributed by atoms with van der Waals surface area (Å²) in [5.74, 6) is -0.117. The highest BCUT2D eigenvalue weighted by Crippen LogP contribution is 2.17. The molecule has 106 valence electrons. The smallest absolute Gasteiger partial charge is 0.242 e. The summed E-state index contributed by atoms with van der Waals surface area (Å²) in [7, 11) is -2.24. The zero-order chi connectivity index (χ0) is 14.8. The highest BCUT2D eigenvalue weighted by Gasteiger charge is 2.26. The molecule has 0 aliphatic carbocycles. The van der Waals surface area contributed by atoms with Gasteiger partial charge in [0.15, 0.2) is 5.78 Å². The number of carbonyl (C=O) groups is 1. The van der Waals surface area contributed by atoms with Crippen LogP contribution in [-0.4, -0.2) is 42.8 Å². The molecular weight excluding hydrogens is 266 g/mol. The maximum absolute atomic E-state index is 12.2. The molecule has 5 nitrogen and oxygen atoms in total. The zero-order valence-electron chi connectivity index (χ0n) is 11.5. The van der Waals surface area contributed by atoms with E-state index in [1.807, 2.05) is 0 Å². The first kappa shape index (κ1) is 15.8. The van der Waals surface area contributed by atoms with E-state index in [-0.39, 0.29) is 17.2 Å². The van der Waals surface area contributed by atoms with Crippen LogP contribution < -0.4 is 0 Å². The fraction of sp³-hybridized carbons (Fsp3) is 0.462. The van der Waals surface area contributed by atoms with Gasteiger partial charge in [-0.2, -0.15) is 4.31 Å². The Bertz CT molecular complexity index is 555. The van der Waals surface area contributed by atoms with Gasteiger partial charge in [0.05, 0.1) is 10.5 Å². The van der Waals surface area contributed by atoms with Gasteiger partial charge in [-0.15, -0.1) is 0 Å². The Morgan fingerprint density at radius 1 is 1.26 bits per heavy atom. The number of aliphatic hydroxyl groups is 1. The standard InChI is InChI=1S/C13H19NO4S/c1-10(15)11-5-7-12(8-6-11)19(17,18)14(4)9-13(2,3)16/h5-8,16H,9H2,1-4H3. The van der Waals surface area contributed by atoms with Crippen LogP contribution >= 0.6 is 0 Å². The lowest BCUT2D eigenvalue weighted by Crippen LogP contribution is -2.39. The topological polar surface area (TPSA) is 74.7 Å². The summed E-state index contributed by atoms with van der Waals surface area (Å²) >= 11 is 0. The van der Waals surface area contributed by atoms with Crippen LogP contribution in [0.5, 0.6) is 0 Å². The molecule has 1 aromatic rings. The molecule has 1 rings (SSSR count). The largest absolute Gasteiger partial charge is 0.389 e. The quantitative estimate of drug-likeness (QED) is 0.827. The van der Waals surface area contributed by atoms with Crippen molar-refractivity contribution in [1.29, 1.82) is 0 Å². The van der Waals surface area contributed by atoms with Gasteiger partial charge in [0.2, 0.25) is 10.0 Å². The van der Waals surface area contributed by atoms with Crippen molar-refractivity contribution in [1.82, 2.24) is 4.31 Å². The van der Waals surface area contributed by atoms with Crippen LogP contribution in [0.1, 0.15) is 31.1 Å². The molecule has 0 unspecified atom stereocenters. The molecule has 0 saturated heterocycles. The molecule has 0 spiro atoms. The molecule has 6 heteroatoms. The van der Waals surface area contributed by atoms with Crippen molar-refractivity contribution in [3.63, 3.8) is 0 Å². The molecule has 0 radical (unpaired) electrons. The average molecular weight is 285 g/mol. The first-order chi connectivity index (χ1) is 8.54. The van der Waals surface area contributed by atoms with E-state index in [1.54, 1.807) is 0 Å². The molecular formula is C13H19NO4S. The van der Waals surface area contributed by atoms with Gasteiger partial charge in [0.25, 0.3) is 0 Å². The van der Waals surface area contributed by atoms with Gasteiger partial charge in [-0.25, -0.2) is 8.42 Å². The van der Waals surface area contributed by atoms with E-state index in [9.17, 15) is 18.3 Å². The Labute approximate surface area is 113 Å². The summed E-state index contributed by atoms with van der Waals surface area (Å²) in [4.78, 5) is 11.2. The van der Waals surface area contributed by atoms with Crippen LogP contribution in [0.3, 0.4) is 0 Å². The highest BCUT2D eigenvalue weighted by atomic mass is 32.2. The van der Waals surface area contributed by atoms with Gasteiger partial charge in [-0.05, 0) is 32.9 Å². The van der Waals surface area contributed by atoms with E-state index in [0.29, 0.717) is 5.56 Å². The van der Waals surface area contributed by atoms with E-state index >= 15 is 0 Å². The molecule has 0 aliphatic rings. The van der Waals surface area contributed by atoms with Gasteiger partial charge in [-0.3, -0.25) is 4.79 Å². The van der Waals surface area contributed by atoms with Crippen molar-refractivity contribution in [2.75, 3.05) is 13.6 Å². The first-order valence-corrected chi connectivity index (χ1v) is 7.28. The summed E-state index contributed by atoms with van der Waals surface area (Å²) in [6, 6.07) is 5.75. The molecule has 1 N–H and O–H groups in total. The second kappa shape index (κ2) is 5.40. The minimum Gasteiger partial charge on any atom is -0.389 e. The monoisotopic (exact) mass is 285 g/mol. The maximum atomic E-state index is 12.2. The lowest BCUT2D eigenvalue weighted by molar-refractivity contribution is 0.0640. The maximum Gasteiger partial charge on any atom is 0.242 e. The van der Waals surface area contributed by atoms with Crippen LogP contribution in [0.2, 0.25) is 0 Å². The molecule has 1 aromatic carbocycles. The number of ketones is 1. The third-order valence-corrected chi connectivity index (χ3v) is 4.40. The van der Waals surface area contributed by atoms with Crippen molar-refractivity contribution in [3.05, 3.63) is 29.8 Å². The van der Waals surface area contributed by atoms with E-state index in [1.165, 1.54) is 52.1 Å². The number of rotatable bonds is 5. The molecule has 0 heterocycles. The Kier molecular flexibility index (Phi) is 4.50. The van der Waals surface area contributed by atoms with Crippen LogP contribution in [-0.2, 0) is 10.0 Å². The molecule has 0 atom stereocenters. The van der Waals surface area contributed by atoms with Crippen LogP contribution in [0.25, 0.3) is 0 Å². The molecule has 0 aromatic heterocycles. The predicted molar refractivity (Wildman–Crippen MR) is 72.6 cm³/mol. The average Bonchev–Trinajstić information content (AvgIpc) is 2.26. The van der Waals surface area contributed by atoms with Gasteiger partial charge < -0.3 is 5.11 Å². The normalized spacial score (nSPS) is 12.7. The zero-order valence-corrected chi connectivity index (χ0v) is 12.4. The van der Waals surface area contributed by atoms with Crippen LogP contribution in [0.15, 0.2) is 29.2 Å². The van der Waals surface area contributed by atoms with E-state index in [0.717, 1.165) is 4.31 Å². The second-order valence-corrected chi connectivity index (χ2v) is 7.20. The summed E-state index contributed by atoms with van der Waals surface area (Å²) in [6.07, 6.45) is 0. The van der Waals surface area contributed by atoms with Crippen molar-refractivity contribution in [2.45, 2.75) is 31.3 Å². The lowest BCUT2D eigenvalue weighted by Gasteiger charge is -2.25. The van der Waals surface area contributed by atoms with Crippen molar-refractivity contribution >= 4 is 15.8 Å². The fourth-order valence-electron chi connectivity index (χ4n) is 1.67. The van der Waals surface area contributed by atoms with E-state index in [2.05, 4.69) is 0 Å². The number of likely N-dealkylation sites (N-methyl/N-ethyl adjacent to an activating group) is 1. The Balaban J connectivity index is 3.03. The summed E-state index contributed by atoms with van der Waals surface area (Å²) in [5, 5.41) is 9.66. The third kappa shape index (κ3) is 4.12. The van der Waals surface area contributed by atoms with Crippen molar-refractivity contribution in [3.8, 4) is 0 Å². The van der Waals surface area contributed by atoms with Crippen molar-refractivity contribution in [2.24, 2.45) is 0 Å². The van der Waals surface area contributed by atoms with Crippen molar-refractivity contribution < 1.29 is 18.3 Å². The van der Waals surface area contributed by atoms with Gasteiger partial charge in [-0.1, -0.05) is 12.1 Å². The van der Waals surface area contributed by atoms with Crippen LogP contribution in [0.4, 0.5) is 0 Å². The molecule has 0 fully saturated rings. The number of hydrogen-bond donors (Lipinski definition) is 1. The van der Waals surface area contributed by atoms with Gasteiger partial charge in [0, 0.05) is 19.2 Å². The third-order valence-electron chi connectivity index (χ3n) is 2.58. The summed E-state index contributed by atoms with van der Waals surface area (Å²) < 4.78 is 25.5. The molecule has 0 saturated carbocycles. The molecule has 19 heavy (non-hydrogen) atoms. The number of benzene rings is 1. The first-order valence-electron chi connectivity index (χ1n) is 5.84. The summed E-state index contributed by atoms with van der Waals surface area (Å²) in [5.41, 5.74) is -0.648. The Morgan fingerprint density at radius 3 is 2.11 bits per heavy atom. The molecule has 0 amide bonds. The minimum absolute atomic E-state index is 0.0101. The number of Topliss-reactive ketones (excluding diaryl/α,β-unsaturated/α-hetero) is 1. The summed E-state index contributed by atoms with van der Waals surface area (Å²) in [6.45, 7) is 4.49. The van der Waals surface area contributed by atoms with E-state index in [4.69, 9.17) is 0 Å². The molecule has 0 aliphatic heterocycles. The van der Waals surface area contributed by atoms with E-state index < -0.39 is 15.6 Å². The Morgan fingerprint density at radius 2 is 1.74 bits per heavy atom. The molecule has 0 bridgehead atoms. The fourth-order valence-corrected chi connectivity index (χ4v) is 3.00. The lowest BCUT2D eigenvalue weighted by atomic mass is 10.1. The number of nitrogens with zero attached hydrogens (tertiary/aromatic N) is 1. The Hall–Kier alpha value is -1.24. The highest BCUT2D eigenvalue weighted by molar-refractivity contribution is 7.89. The van der Waals surface area contributed by atoms with Gasteiger partial charge in [0.1, 0.15) is 0 Å². The SMILES string of the molecule is CC(=O)c1ccc(S(=O)(=O)N(C)CC(C)(C)O)cc1. The minimum atomic E-state index is -3.65. The number of hydrogen-bond acceptors (Lipinski definition) is 4. The number of sulfonamides is 1. The van der Waals surface area contributed by atoms with Gasteiger partial charge >= 0.3 is 0 Å².